The van der Waals surface area contributed by atoms with Crippen molar-refractivity contribution >= 4 is 34.8 Å². The molecule has 0 aliphatic heterocycles. The summed E-state index contributed by atoms with van der Waals surface area (Å²) in [6, 6.07) is 21.4. The Hall–Kier alpha value is -3.51. The van der Waals surface area contributed by atoms with E-state index >= 15 is 0 Å². The van der Waals surface area contributed by atoms with Crippen LogP contribution in [0.15, 0.2) is 72.8 Å². The van der Waals surface area contributed by atoms with E-state index in [-0.39, 0.29) is 11.8 Å². The molecule has 3 aromatic carbocycles. The van der Waals surface area contributed by atoms with Gasteiger partial charge in [0.1, 0.15) is 11.5 Å². The molecule has 0 spiro atoms. The molecule has 0 heterocycles. The number of hydrogen-bond donors (Lipinski definition) is 2. The number of halogens is 1. The Balaban J connectivity index is 1.55. The van der Waals surface area contributed by atoms with Crippen molar-refractivity contribution in [2.45, 2.75) is 39.4 Å². The molecule has 0 aliphatic rings. The molecule has 7 heteroatoms. The Morgan fingerprint density at radius 2 is 1.52 bits per heavy atom. The normalized spacial score (nSPS) is 12.4. The van der Waals surface area contributed by atoms with Crippen LogP contribution in [0.1, 0.15) is 25.8 Å². The Bertz CT molecular complexity index is 1100. The van der Waals surface area contributed by atoms with Gasteiger partial charge < -0.3 is 20.1 Å². The largest absolute Gasteiger partial charge is 0.481 e. The van der Waals surface area contributed by atoms with Gasteiger partial charge in [0, 0.05) is 11.4 Å². The van der Waals surface area contributed by atoms with E-state index in [1.807, 2.05) is 38.1 Å². The fourth-order valence-corrected chi connectivity index (χ4v) is 3.24. The molecule has 0 saturated heterocycles. The molecule has 2 unspecified atom stereocenters. The van der Waals surface area contributed by atoms with E-state index in [1.54, 1.807) is 55.5 Å². The Kier molecular flexibility index (Phi) is 8.33. The number of para-hydroxylation sites is 1. The second-order valence-electron chi connectivity index (χ2n) is 7.58. The maximum atomic E-state index is 12.7. The lowest BCUT2D eigenvalue weighted by Gasteiger charge is -2.18. The molecule has 3 rings (SSSR count). The van der Waals surface area contributed by atoms with Crippen LogP contribution in [-0.4, -0.2) is 24.0 Å². The lowest BCUT2D eigenvalue weighted by atomic mass is 10.2. The summed E-state index contributed by atoms with van der Waals surface area (Å²) in [4.78, 5) is 25.1. The third-order valence-corrected chi connectivity index (χ3v) is 5.17. The number of amides is 2. The second-order valence-corrected chi connectivity index (χ2v) is 7.98. The molecule has 172 valence electrons. The summed E-state index contributed by atoms with van der Waals surface area (Å²) in [6.07, 6.45) is -0.834. The molecule has 2 N–H and O–H groups in total. The SMILES string of the molecule is CCC(Oc1cccc(C)c1)C(=O)Nc1ccc(NC(=O)C(C)Oc2ccccc2Cl)cc1. The van der Waals surface area contributed by atoms with Gasteiger partial charge >= 0.3 is 0 Å². The highest BCUT2D eigenvalue weighted by molar-refractivity contribution is 6.32. The summed E-state index contributed by atoms with van der Waals surface area (Å²) in [5.74, 6) is 0.545. The van der Waals surface area contributed by atoms with Gasteiger partial charge in [-0.05, 0) is 74.4 Å². The first kappa shape index (κ1) is 24.1. The smallest absolute Gasteiger partial charge is 0.265 e. The Labute approximate surface area is 198 Å². The van der Waals surface area contributed by atoms with Crippen molar-refractivity contribution in [3.8, 4) is 11.5 Å². The van der Waals surface area contributed by atoms with Crippen LogP contribution in [0.3, 0.4) is 0 Å². The summed E-state index contributed by atoms with van der Waals surface area (Å²) in [7, 11) is 0. The van der Waals surface area contributed by atoms with Gasteiger partial charge in [-0.3, -0.25) is 9.59 Å². The first-order valence-corrected chi connectivity index (χ1v) is 11.1. The number of ether oxygens (including phenoxy) is 2. The van der Waals surface area contributed by atoms with Crippen molar-refractivity contribution in [3.63, 3.8) is 0 Å². The molecule has 2 amide bonds. The highest BCUT2D eigenvalue weighted by Crippen LogP contribution is 2.24. The van der Waals surface area contributed by atoms with E-state index in [1.165, 1.54) is 0 Å². The molecule has 0 aromatic heterocycles. The number of carbonyl (C=O) groups excluding carboxylic acids is 2. The molecule has 3 aromatic rings. The molecular formula is C26H27ClN2O4. The predicted molar refractivity (Wildman–Crippen MR) is 131 cm³/mol. The van der Waals surface area contributed by atoms with E-state index < -0.39 is 12.2 Å². The summed E-state index contributed by atoms with van der Waals surface area (Å²) in [5.41, 5.74) is 2.24. The first-order chi connectivity index (χ1) is 15.9. The number of anilines is 2. The minimum atomic E-state index is -0.742. The van der Waals surface area contributed by atoms with Gasteiger partial charge in [-0.2, -0.15) is 0 Å². The third-order valence-electron chi connectivity index (χ3n) is 4.86. The van der Waals surface area contributed by atoms with Crippen LogP contribution in [0.4, 0.5) is 11.4 Å². The van der Waals surface area contributed by atoms with Gasteiger partial charge in [0.25, 0.3) is 11.8 Å². The first-order valence-electron chi connectivity index (χ1n) is 10.7. The predicted octanol–water partition coefficient (Wildman–Crippen LogP) is 5.85. The number of aryl methyl sites for hydroxylation is 1. The molecular weight excluding hydrogens is 440 g/mol. The van der Waals surface area contributed by atoms with E-state index in [9.17, 15) is 9.59 Å². The summed E-state index contributed by atoms with van der Waals surface area (Å²) in [5, 5.41) is 6.08. The van der Waals surface area contributed by atoms with Gasteiger partial charge in [-0.1, -0.05) is 42.8 Å². The van der Waals surface area contributed by atoms with Crippen LogP contribution in [0, 0.1) is 6.92 Å². The fourth-order valence-electron chi connectivity index (χ4n) is 3.06. The second kappa shape index (κ2) is 11.4. The number of benzene rings is 3. The summed E-state index contributed by atoms with van der Waals surface area (Å²) < 4.78 is 11.5. The lowest BCUT2D eigenvalue weighted by molar-refractivity contribution is -0.123. The molecule has 0 aliphatic carbocycles. The minimum absolute atomic E-state index is 0.238. The Morgan fingerprint density at radius 1 is 0.879 bits per heavy atom. The van der Waals surface area contributed by atoms with Gasteiger partial charge in [0.2, 0.25) is 0 Å². The molecule has 2 atom stereocenters. The number of carbonyl (C=O) groups is 2. The van der Waals surface area contributed by atoms with Gasteiger partial charge in [0.05, 0.1) is 5.02 Å². The topological polar surface area (TPSA) is 76.7 Å². The van der Waals surface area contributed by atoms with E-state index in [4.69, 9.17) is 21.1 Å². The quantitative estimate of drug-likeness (QED) is 0.414. The van der Waals surface area contributed by atoms with E-state index in [2.05, 4.69) is 10.6 Å². The third kappa shape index (κ3) is 6.99. The average molecular weight is 467 g/mol. The lowest BCUT2D eigenvalue weighted by Crippen LogP contribution is -2.32. The zero-order valence-corrected chi connectivity index (χ0v) is 19.6. The van der Waals surface area contributed by atoms with Crippen molar-refractivity contribution in [2.24, 2.45) is 0 Å². The highest BCUT2D eigenvalue weighted by Gasteiger charge is 2.19. The number of rotatable bonds is 9. The van der Waals surface area contributed by atoms with Gasteiger partial charge in [0.15, 0.2) is 12.2 Å². The van der Waals surface area contributed by atoms with Crippen molar-refractivity contribution in [1.82, 2.24) is 0 Å². The van der Waals surface area contributed by atoms with Crippen LogP contribution in [0.2, 0.25) is 5.02 Å². The van der Waals surface area contributed by atoms with E-state index in [0.717, 1.165) is 5.56 Å². The highest BCUT2D eigenvalue weighted by atomic mass is 35.5. The van der Waals surface area contributed by atoms with E-state index in [0.29, 0.717) is 34.3 Å². The molecule has 33 heavy (non-hydrogen) atoms. The summed E-state index contributed by atoms with van der Waals surface area (Å²) in [6.45, 7) is 5.51. The van der Waals surface area contributed by atoms with Crippen molar-refractivity contribution in [1.29, 1.82) is 0 Å². The number of nitrogens with one attached hydrogen (secondary N) is 2. The van der Waals surface area contributed by atoms with Crippen molar-refractivity contribution in [2.75, 3.05) is 10.6 Å². The average Bonchev–Trinajstić information content (AvgIpc) is 2.80. The number of hydrogen-bond acceptors (Lipinski definition) is 4. The minimum Gasteiger partial charge on any atom is -0.481 e. The van der Waals surface area contributed by atoms with Crippen LogP contribution >= 0.6 is 11.6 Å². The molecule has 6 nitrogen and oxygen atoms in total. The maximum absolute atomic E-state index is 12.7. The maximum Gasteiger partial charge on any atom is 0.265 e. The van der Waals surface area contributed by atoms with Crippen LogP contribution in [-0.2, 0) is 9.59 Å². The van der Waals surface area contributed by atoms with Crippen molar-refractivity contribution in [3.05, 3.63) is 83.4 Å². The standard InChI is InChI=1S/C26H27ClN2O4/c1-4-23(33-21-9-7-8-17(2)16-21)26(31)29-20-14-12-19(13-15-20)28-25(30)18(3)32-24-11-6-5-10-22(24)27/h5-16,18,23H,4H2,1-3H3,(H,28,30)(H,29,31). The van der Waals surface area contributed by atoms with Gasteiger partial charge in [-0.15, -0.1) is 0 Å². The van der Waals surface area contributed by atoms with Crippen molar-refractivity contribution < 1.29 is 19.1 Å². The van der Waals surface area contributed by atoms with Gasteiger partial charge in [-0.25, -0.2) is 0 Å². The molecule has 0 bridgehead atoms. The molecule has 0 radical (unpaired) electrons. The molecule has 0 fully saturated rings. The zero-order valence-electron chi connectivity index (χ0n) is 18.8. The monoisotopic (exact) mass is 466 g/mol. The summed E-state index contributed by atoms with van der Waals surface area (Å²) >= 11 is 6.08. The van der Waals surface area contributed by atoms with Crippen LogP contribution in [0.25, 0.3) is 0 Å². The Morgan fingerprint density at radius 3 is 2.12 bits per heavy atom. The molecule has 0 saturated carbocycles. The van der Waals surface area contributed by atoms with Crippen LogP contribution in [0.5, 0.6) is 11.5 Å². The zero-order chi connectivity index (χ0) is 23.8. The fraction of sp³-hybridized carbons (Fsp3) is 0.231. The van der Waals surface area contributed by atoms with Crippen LogP contribution < -0.4 is 20.1 Å².